The summed E-state index contributed by atoms with van der Waals surface area (Å²) in [5.41, 5.74) is 0.642. The minimum absolute atomic E-state index is 0.0914. The van der Waals surface area contributed by atoms with E-state index in [1.807, 2.05) is 18.2 Å². The molecule has 1 fully saturated rings. The summed E-state index contributed by atoms with van der Waals surface area (Å²) in [5, 5.41) is 9.87. The minimum atomic E-state index is -0.927. The lowest BCUT2D eigenvalue weighted by atomic mass is 10.1. The number of aliphatic carboxylic acids is 1. The number of amides is 1. The van der Waals surface area contributed by atoms with Gasteiger partial charge in [-0.05, 0) is 18.6 Å². The zero-order valence-corrected chi connectivity index (χ0v) is 12.2. The Bertz CT molecular complexity index is 674. The number of methoxy groups -OCH3 is 1. The Morgan fingerprint density at radius 2 is 2.18 bits per heavy atom. The Morgan fingerprint density at radius 3 is 2.86 bits per heavy atom. The van der Waals surface area contributed by atoms with Crippen molar-refractivity contribution >= 4 is 22.8 Å². The van der Waals surface area contributed by atoms with Crippen molar-refractivity contribution in [3.8, 4) is 0 Å². The van der Waals surface area contributed by atoms with E-state index in [4.69, 9.17) is 14.3 Å². The van der Waals surface area contributed by atoms with Crippen LogP contribution in [-0.2, 0) is 9.53 Å². The Balaban J connectivity index is 1.86. The van der Waals surface area contributed by atoms with Gasteiger partial charge in [-0.25, -0.2) is 0 Å². The van der Waals surface area contributed by atoms with Crippen LogP contribution < -0.4 is 0 Å². The van der Waals surface area contributed by atoms with Crippen LogP contribution in [0.25, 0.3) is 11.0 Å². The number of carbonyl (C=O) groups excluding carboxylic acids is 1. The van der Waals surface area contributed by atoms with Crippen LogP contribution in [0.15, 0.2) is 34.7 Å². The van der Waals surface area contributed by atoms with Gasteiger partial charge >= 0.3 is 5.97 Å². The number of furan rings is 1. The minimum Gasteiger partial charge on any atom is -0.481 e. The Morgan fingerprint density at radius 1 is 1.41 bits per heavy atom. The predicted molar refractivity (Wildman–Crippen MR) is 78.7 cm³/mol. The number of nitrogens with zero attached hydrogens (tertiary/aromatic N) is 1. The number of para-hydroxylation sites is 1. The van der Waals surface area contributed by atoms with Crippen LogP contribution in [0.2, 0.25) is 0 Å². The summed E-state index contributed by atoms with van der Waals surface area (Å²) in [4.78, 5) is 25.2. The van der Waals surface area contributed by atoms with Crippen molar-refractivity contribution in [1.29, 1.82) is 0 Å². The summed E-state index contributed by atoms with van der Waals surface area (Å²) < 4.78 is 10.9. The molecule has 2 atom stereocenters. The van der Waals surface area contributed by atoms with Crippen LogP contribution in [-0.4, -0.2) is 47.7 Å². The molecule has 3 rings (SSSR count). The zero-order chi connectivity index (χ0) is 15.7. The second kappa shape index (κ2) is 5.81. The SMILES string of the molecule is COC1CC(CC(=O)O)N(C(=O)c2cc3ccccc3o2)C1. The first-order valence-electron chi connectivity index (χ1n) is 7.12. The van der Waals surface area contributed by atoms with Crippen LogP contribution >= 0.6 is 0 Å². The number of likely N-dealkylation sites (tertiary alicyclic amines) is 1. The van der Waals surface area contributed by atoms with Crippen molar-refractivity contribution < 1.29 is 23.8 Å². The molecule has 2 heterocycles. The van der Waals surface area contributed by atoms with Gasteiger partial charge in [0, 0.05) is 25.1 Å². The highest BCUT2D eigenvalue weighted by molar-refractivity contribution is 5.96. The number of carbonyl (C=O) groups is 2. The third-order valence-electron chi connectivity index (χ3n) is 4.02. The van der Waals surface area contributed by atoms with E-state index in [1.165, 1.54) is 0 Å². The van der Waals surface area contributed by atoms with Crippen molar-refractivity contribution in [3.63, 3.8) is 0 Å². The van der Waals surface area contributed by atoms with Crippen molar-refractivity contribution in [2.45, 2.75) is 25.0 Å². The maximum Gasteiger partial charge on any atom is 0.305 e. The quantitative estimate of drug-likeness (QED) is 0.936. The van der Waals surface area contributed by atoms with Gasteiger partial charge in [-0.3, -0.25) is 9.59 Å². The number of hydrogen-bond acceptors (Lipinski definition) is 4. The third-order valence-corrected chi connectivity index (χ3v) is 4.02. The molecule has 1 aliphatic heterocycles. The molecule has 2 aromatic rings. The molecule has 2 unspecified atom stereocenters. The Hall–Kier alpha value is -2.34. The zero-order valence-electron chi connectivity index (χ0n) is 12.2. The maximum atomic E-state index is 12.7. The van der Waals surface area contributed by atoms with Crippen LogP contribution in [0.3, 0.4) is 0 Å². The lowest BCUT2D eigenvalue weighted by Gasteiger charge is -2.21. The fourth-order valence-corrected chi connectivity index (χ4v) is 2.92. The van der Waals surface area contributed by atoms with Crippen molar-refractivity contribution in [2.24, 2.45) is 0 Å². The molecular weight excluding hydrogens is 286 g/mol. The van der Waals surface area contributed by atoms with E-state index in [1.54, 1.807) is 24.1 Å². The van der Waals surface area contributed by atoms with E-state index < -0.39 is 5.97 Å². The Labute approximate surface area is 127 Å². The summed E-state index contributed by atoms with van der Waals surface area (Å²) in [6.07, 6.45) is 0.290. The van der Waals surface area contributed by atoms with Crippen LogP contribution in [0.5, 0.6) is 0 Å². The molecule has 22 heavy (non-hydrogen) atoms. The van der Waals surface area contributed by atoms with E-state index in [0.29, 0.717) is 18.5 Å². The molecule has 0 bridgehead atoms. The lowest BCUT2D eigenvalue weighted by molar-refractivity contribution is -0.138. The third kappa shape index (κ3) is 2.69. The second-order valence-corrected chi connectivity index (χ2v) is 5.45. The average molecular weight is 303 g/mol. The van der Waals surface area contributed by atoms with E-state index >= 15 is 0 Å². The molecule has 6 nitrogen and oxygen atoms in total. The molecule has 1 aromatic carbocycles. The van der Waals surface area contributed by atoms with Gasteiger partial charge in [0.2, 0.25) is 0 Å². The van der Waals surface area contributed by atoms with Gasteiger partial charge in [-0.2, -0.15) is 0 Å². The first-order valence-corrected chi connectivity index (χ1v) is 7.12. The molecule has 1 aliphatic rings. The molecule has 1 N–H and O–H groups in total. The molecule has 0 saturated carbocycles. The molecule has 116 valence electrons. The van der Waals surface area contributed by atoms with Crippen LogP contribution in [0.1, 0.15) is 23.4 Å². The standard InChI is InChI=1S/C16H17NO5/c1-21-12-7-11(8-15(18)19)17(9-12)16(20)14-6-10-4-2-3-5-13(10)22-14/h2-6,11-12H,7-9H2,1H3,(H,18,19). The number of benzene rings is 1. The summed E-state index contributed by atoms with van der Waals surface area (Å²) in [7, 11) is 1.57. The molecule has 6 heteroatoms. The first-order chi connectivity index (χ1) is 10.6. The number of hydrogen-bond donors (Lipinski definition) is 1. The molecule has 1 saturated heterocycles. The van der Waals surface area contributed by atoms with Gasteiger partial charge in [-0.1, -0.05) is 18.2 Å². The van der Waals surface area contributed by atoms with E-state index in [2.05, 4.69) is 0 Å². The van der Waals surface area contributed by atoms with Crippen molar-refractivity contribution in [3.05, 3.63) is 36.1 Å². The van der Waals surface area contributed by atoms with E-state index in [9.17, 15) is 9.59 Å². The molecule has 1 amide bonds. The van der Waals surface area contributed by atoms with Crippen LogP contribution in [0, 0.1) is 0 Å². The highest BCUT2D eigenvalue weighted by Crippen LogP contribution is 2.27. The van der Waals surface area contributed by atoms with Gasteiger partial charge in [0.05, 0.1) is 12.5 Å². The topological polar surface area (TPSA) is 80.0 Å². The molecule has 0 aliphatic carbocycles. The first kappa shape index (κ1) is 14.6. The van der Waals surface area contributed by atoms with Crippen molar-refractivity contribution in [1.82, 2.24) is 4.90 Å². The number of ether oxygens (including phenoxy) is 1. The van der Waals surface area contributed by atoms with Crippen LogP contribution in [0.4, 0.5) is 0 Å². The van der Waals surface area contributed by atoms with Gasteiger partial charge in [0.1, 0.15) is 5.58 Å². The smallest absolute Gasteiger partial charge is 0.305 e. The summed E-state index contributed by atoms with van der Waals surface area (Å²) >= 11 is 0. The number of fused-ring (bicyclic) bond motifs is 1. The second-order valence-electron chi connectivity index (χ2n) is 5.45. The van der Waals surface area contributed by atoms with E-state index in [-0.39, 0.29) is 30.2 Å². The fourth-order valence-electron chi connectivity index (χ4n) is 2.92. The highest BCUT2D eigenvalue weighted by atomic mass is 16.5. The largest absolute Gasteiger partial charge is 0.481 e. The number of rotatable bonds is 4. The maximum absolute atomic E-state index is 12.7. The van der Waals surface area contributed by atoms with Crippen molar-refractivity contribution in [2.75, 3.05) is 13.7 Å². The summed E-state index contributed by atoms with van der Waals surface area (Å²) in [5.74, 6) is -0.987. The number of carboxylic acids is 1. The monoisotopic (exact) mass is 303 g/mol. The van der Waals surface area contributed by atoms with E-state index in [0.717, 1.165) is 5.39 Å². The van der Waals surface area contributed by atoms with Gasteiger partial charge in [-0.15, -0.1) is 0 Å². The Kier molecular flexibility index (Phi) is 3.85. The molecule has 0 spiro atoms. The number of carboxylic acid groups (broad SMARTS) is 1. The normalized spacial score (nSPS) is 21.4. The van der Waals surface area contributed by atoms with Gasteiger partial charge in [0.15, 0.2) is 5.76 Å². The lowest BCUT2D eigenvalue weighted by Crippen LogP contribution is -2.37. The molecular formula is C16H17NO5. The summed E-state index contributed by atoms with van der Waals surface area (Å²) in [6, 6.07) is 8.69. The molecule has 0 radical (unpaired) electrons. The van der Waals surface area contributed by atoms with Gasteiger partial charge < -0.3 is 19.2 Å². The predicted octanol–water partition coefficient (Wildman–Crippen LogP) is 2.14. The molecule has 1 aromatic heterocycles. The average Bonchev–Trinajstić information content (AvgIpc) is 3.09. The van der Waals surface area contributed by atoms with Gasteiger partial charge in [0.25, 0.3) is 5.91 Å². The fraction of sp³-hybridized carbons (Fsp3) is 0.375. The highest BCUT2D eigenvalue weighted by Gasteiger charge is 2.37. The summed E-state index contributed by atoms with van der Waals surface area (Å²) in [6.45, 7) is 0.379.